The maximum Gasteiger partial charge on any atom is 0.341 e. The lowest BCUT2D eigenvalue weighted by atomic mass is 10.1. The number of aromatic nitrogens is 2. The van der Waals surface area contributed by atoms with Crippen LogP contribution in [0.2, 0.25) is 0 Å². The van der Waals surface area contributed by atoms with Gasteiger partial charge in [0.25, 0.3) is 0 Å². The number of nitrogens with zero attached hydrogens (tertiary/aromatic N) is 3. The zero-order chi connectivity index (χ0) is 15.4. The quantitative estimate of drug-likeness (QED) is 0.914. The number of carboxylic acid groups (broad SMARTS) is 1. The van der Waals surface area contributed by atoms with Crippen LogP contribution in [0.5, 0.6) is 0 Å². The molecule has 0 unspecified atom stereocenters. The fourth-order valence-electron chi connectivity index (χ4n) is 2.24. The fraction of sp³-hybridized carbons (Fsp3) is 0.312. The highest BCUT2D eigenvalue weighted by molar-refractivity contribution is 5.93. The Balaban J connectivity index is 2.59. The van der Waals surface area contributed by atoms with E-state index in [1.807, 2.05) is 49.9 Å². The second-order valence-electron chi connectivity index (χ2n) is 4.72. The van der Waals surface area contributed by atoms with Gasteiger partial charge in [-0.2, -0.15) is 0 Å². The third-order valence-electron chi connectivity index (χ3n) is 3.45. The number of carboxylic acids is 1. The first-order valence-corrected chi connectivity index (χ1v) is 6.99. The van der Waals surface area contributed by atoms with E-state index in [1.165, 1.54) is 6.20 Å². The van der Waals surface area contributed by atoms with Crippen molar-refractivity contribution in [1.29, 1.82) is 0 Å². The molecule has 0 saturated carbocycles. The van der Waals surface area contributed by atoms with Gasteiger partial charge in [0, 0.05) is 24.8 Å². The molecule has 0 aliphatic rings. The van der Waals surface area contributed by atoms with E-state index in [4.69, 9.17) is 0 Å². The topological polar surface area (TPSA) is 66.3 Å². The maximum atomic E-state index is 11.4. The normalized spacial score (nSPS) is 10.4. The molecular weight excluding hydrogens is 266 g/mol. The van der Waals surface area contributed by atoms with Crippen molar-refractivity contribution < 1.29 is 9.90 Å². The van der Waals surface area contributed by atoms with Gasteiger partial charge >= 0.3 is 5.97 Å². The number of rotatable bonds is 5. The largest absolute Gasteiger partial charge is 0.477 e. The summed E-state index contributed by atoms with van der Waals surface area (Å²) in [4.78, 5) is 22.0. The fourth-order valence-corrected chi connectivity index (χ4v) is 2.24. The maximum absolute atomic E-state index is 11.4. The summed E-state index contributed by atoms with van der Waals surface area (Å²) in [6, 6.07) is 7.81. The van der Waals surface area contributed by atoms with Gasteiger partial charge in [-0.25, -0.2) is 14.8 Å². The van der Waals surface area contributed by atoms with Gasteiger partial charge in [-0.05, 0) is 26.3 Å². The second kappa shape index (κ2) is 6.35. The van der Waals surface area contributed by atoms with Crippen molar-refractivity contribution in [2.24, 2.45) is 0 Å². The Labute approximate surface area is 124 Å². The van der Waals surface area contributed by atoms with Crippen molar-refractivity contribution in [3.05, 3.63) is 41.6 Å². The van der Waals surface area contributed by atoms with E-state index >= 15 is 0 Å². The minimum Gasteiger partial charge on any atom is -0.477 e. The summed E-state index contributed by atoms with van der Waals surface area (Å²) >= 11 is 0. The van der Waals surface area contributed by atoms with Crippen LogP contribution in [0.1, 0.15) is 29.8 Å². The number of carbonyl (C=O) groups is 1. The average Bonchev–Trinajstić information content (AvgIpc) is 2.48. The van der Waals surface area contributed by atoms with E-state index in [0.717, 1.165) is 11.1 Å². The molecule has 0 atom stereocenters. The summed E-state index contributed by atoms with van der Waals surface area (Å²) < 4.78 is 0. The monoisotopic (exact) mass is 285 g/mol. The van der Waals surface area contributed by atoms with Gasteiger partial charge < -0.3 is 10.0 Å². The zero-order valence-electron chi connectivity index (χ0n) is 12.5. The van der Waals surface area contributed by atoms with Crippen molar-refractivity contribution in [3.8, 4) is 11.4 Å². The van der Waals surface area contributed by atoms with Gasteiger partial charge in [-0.3, -0.25) is 0 Å². The molecule has 0 spiro atoms. The van der Waals surface area contributed by atoms with E-state index in [0.29, 0.717) is 24.7 Å². The predicted molar refractivity (Wildman–Crippen MR) is 82.7 cm³/mol. The van der Waals surface area contributed by atoms with Crippen LogP contribution in [0.4, 0.5) is 5.82 Å². The van der Waals surface area contributed by atoms with Crippen LogP contribution in [-0.2, 0) is 0 Å². The summed E-state index contributed by atoms with van der Waals surface area (Å²) in [7, 11) is 0. The number of anilines is 1. The summed E-state index contributed by atoms with van der Waals surface area (Å²) in [5.74, 6) is 0.0222. The molecule has 1 heterocycles. The Morgan fingerprint density at radius 1 is 1.24 bits per heavy atom. The molecule has 2 rings (SSSR count). The molecule has 0 amide bonds. The molecule has 0 aliphatic heterocycles. The van der Waals surface area contributed by atoms with E-state index in [9.17, 15) is 9.90 Å². The molecule has 1 aromatic heterocycles. The molecule has 0 bridgehead atoms. The number of hydrogen-bond acceptors (Lipinski definition) is 4. The number of hydrogen-bond donors (Lipinski definition) is 1. The minimum absolute atomic E-state index is 0.135. The highest BCUT2D eigenvalue weighted by atomic mass is 16.4. The number of aryl methyl sites for hydroxylation is 1. The first-order valence-electron chi connectivity index (χ1n) is 6.99. The van der Waals surface area contributed by atoms with Crippen LogP contribution in [0.25, 0.3) is 11.4 Å². The Kier molecular flexibility index (Phi) is 4.52. The molecule has 2 aromatic rings. The summed E-state index contributed by atoms with van der Waals surface area (Å²) in [6.45, 7) is 7.33. The van der Waals surface area contributed by atoms with Crippen molar-refractivity contribution in [1.82, 2.24) is 9.97 Å². The molecule has 21 heavy (non-hydrogen) atoms. The first kappa shape index (κ1) is 15.0. The highest BCUT2D eigenvalue weighted by Gasteiger charge is 2.18. The van der Waals surface area contributed by atoms with Gasteiger partial charge in [0.2, 0.25) is 0 Å². The molecule has 0 aliphatic carbocycles. The summed E-state index contributed by atoms with van der Waals surface area (Å²) in [5, 5.41) is 9.31. The van der Waals surface area contributed by atoms with E-state index in [-0.39, 0.29) is 5.56 Å². The van der Waals surface area contributed by atoms with Crippen molar-refractivity contribution in [2.45, 2.75) is 20.8 Å². The molecule has 1 N–H and O–H groups in total. The average molecular weight is 285 g/mol. The van der Waals surface area contributed by atoms with Crippen LogP contribution in [0.15, 0.2) is 30.5 Å². The van der Waals surface area contributed by atoms with E-state index in [2.05, 4.69) is 9.97 Å². The zero-order valence-corrected chi connectivity index (χ0v) is 12.5. The lowest BCUT2D eigenvalue weighted by Gasteiger charge is -2.22. The second-order valence-corrected chi connectivity index (χ2v) is 4.72. The Morgan fingerprint density at radius 3 is 2.48 bits per heavy atom. The summed E-state index contributed by atoms with van der Waals surface area (Å²) in [5.41, 5.74) is 2.12. The Bertz CT molecular complexity index is 652. The van der Waals surface area contributed by atoms with Crippen LogP contribution in [0.3, 0.4) is 0 Å². The molecule has 5 nitrogen and oxygen atoms in total. The van der Waals surface area contributed by atoms with Crippen molar-refractivity contribution >= 4 is 11.8 Å². The Hall–Kier alpha value is -2.43. The molecule has 1 aromatic carbocycles. The molecule has 110 valence electrons. The third-order valence-corrected chi connectivity index (χ3v) is 3.45. The van der Waals surface area contributed by atoms with E-state index < -0.39 is 5.97 Å². The molecule has 0 fully saturated rings. The van der Waals surface area contributed by atoms with Crippen molar-refractivity contribution in [2.75, 3.05) is 18.0 Å². The highest BCUT2D eigenvalue weighted by Crippen LogP contribution is 2.24. The number of aromatic carboxylic acids is 1. The molecular formula is C16H19N3O2. The van der Waals surface area contributed by atoms with E-state index in [1.54, 1.807) is 0 Å². The van der Waals surface area contributed by atoms with Gasteiger partial charge in [0.15, 0.2) is 5.82 Å². The van der Waals surface area contributed by atoms with Crippen LogP contribution < -0.4 is 4.90 Å². The van der Waals surface area contributed by atoms with Crippen LogP contribution >= 0.6 is 0 Å². The minimum atomic E-state index is -1.01. The molecule has 0 saturated heterocycles. The van der Waals surface area contributed by atoms with Gasteiger partial charge in [-0.1, -0.05) is 24.3 Å². The SMILES string of the molecule is CCN(CC)c1nc(-c2ccccc2C)ncc1C(=O)O. The summed E-state index contributed by atoms with van der Waals surface area (Å²) in [6.07, 6.45) is 1.39. The lowest BCUT2D eigenvalue weighted by Crippen LogP contribution is -2.26. The van der Waals surface area contributed by atoms with Crippen LogP contribution in [0, 0.1) is 6.92 Å². The first-order chi connectivity index (χ1) is 10.1. The smallest absolute Gasteiger partial charge is 0.341 e. The lowest BCUT2D eigenvalue weighted by molar-refractivity contribution is 0.0696. The Morgan fingerprint density at radius 2 is 1.90 bits per heavy atom. The van der Waals surface area contributed by atoms with Crippen LogP contribution in [-0.4, -0.2) is 34.1 Å². The van der Waals surface area contributed by atoms with Gasteiger partial charge in [0.1, 0.15) is 11.4 Å². The molecule has 0 radical (unpaired) electrons. The number of benzene rings is 1. The van der Waals surface area contributed by atoms with Gasteiger partial charge in [-0.15, -0.1) is 0 Å². The third kappa shape index (κ3) is 3.02. The molecule has 5 heteroatoms. The standard InChI is InChI=1S/C16H19N3O2/c1-4-19(5-2)15-13(16(20)21)10-17-14(18-15)12-9-7-6-8-11(12)3/h6-10H,4-5H2,1-3H3,(H,20,21). The van der Waals surface area contributed by atoms with Crippen molar-refractivity contribution in [3.63, 3.8) is 0 Å². The van der Waals surface area contributed by atoms with Gasteiger partial charge in [0.05, 0.1) is 0 Å². The predicted octanol–water partition coefficient (Wildman–Crippen LogP) is 3.00.